The van der Waals surface area contributed by atoms with Gasteiger partial charge < -0.3 is 14.2 Å². The second-order valence-electron chi connectivity index (χ2n) is 5.16. The van der Waals surface area contributed by atoms with Crippen LogP contribution < -0.4 is 14.2 Å². The Morgan fingerprint density at radius 3 is 2.12 bits per heavy atom. The van der Waals surface area contributed by atoms with Crippen LogP contribution in [0, 0.1) is 0 Å². The minimum Gasteiger partial charge on any atom is -0.487 e. The van der Waals surface area contributed by atoms with E-state index in [0.29, 0.717) is 12.6 Å². The van der Waals surface area contributed by atoms with Crippen LogP contribution in [-0.4, -0.2) is 22.7 Å². The molecule has 0 aliphatic rings. The quantitative estimate of drug-likeness (QED) is 0.655. The highest BCUT2D eigenvalue weighted by molar-refractivity contribution is 5.35. The van der Waals surface area contributed by atoms with Gasteiger partial charge in [-0.1, -0.05) is 18.2 Å². The maximum Gasteiger partial charge on any atom is 0.316 e. The summed E-state index contributed by atoms with van der Waals surface area (Å²) in [5, 5.41) is 0. The Morgan fingerprint density at radius 1 is 0.792 bits per heavy atom. The minimum atomic E-state index is -0.130. The number of ether oxygens (including phenoxy) is 3. The Hall–Kier alpha value is -3.08. The Kier molecular flexibility index (Phi) is 5.24. The van der Waals surface area contributed by atoms with Crippen LogP contribution in [0.2, 0.25) is 0 Å². The lowest BCUT2D eigenvalue weighted by Gasteiger charge is -2.15. The van der Waals surface area contributed by atoms with Gasteiger partial charge in [-0.3, -0.25) is 0 Å². The molecule has 0 bridgehead atoms. The van der Waals surface area contributed by atoms with Crippen LogP contribution in [0.3, 0.4) is 0 Å². The van der Waals surface area contributed by atoms with E-state index >= 15 is 0 Å². The van der Waals surface area contributed by atoms with Crippen LogP contribution in [0.15, 0.2) is 73.1 Å². The third-order valence-corrected chi connectivity index (χ3v) is 3.13. The molecule has 0 aliphatic heterocycles. The van der Waals surface area contributed by atoms with Gasteiger partial charge in [0.2, 0.25) is 0 Å². The fourth-order valence-electron chi connectivity index (χ4n) is 2.03. The predicted molar refractivity (Wildman–Crippen MR) is 90.6 cm³/mol. The van der Waals surface area contributed by atoms with E-state index in [4.69, 9.17) is 14.2 Å². The van der Waals surface area contributed by atoms with Gasteiger partial charge in [-0.05, 0) is 49.4 Å². The zero-order valence-electron chi connectivity index (χ0n) is 13.3. The number of benzene rings is 2. The normalized spacial score (nSPS) is 11.5. The lowest BCUT2D eigenvalue weighted by atomic mass is 10.3. The van der Waals surface area contributed by atoms with Crippen LogP contribution in [0.25, 0.3) is 0 Å². The van der Waals surface area contributed by atoms with Crippen LogP contribution in [0.1, 0.15) is 6.92 Å². The molecule has 3 aromatic rings. The van der Waals surface area contributed by atoms with Gasteiger partial charge in [-0.25, -0.2) is 9.97 Å². The van der Waals surface area contributed by atoms with E-state index in [1.54, 1.807) is 18.5 Å². The molecule has 3 rings (SSSR count). The van der Waals surface area contributed by atoms with E-state index in [1.807, 2.05) is 61.5 Å². The third-order valence-electron chi connectivity index (χ3n) is 3.13. The highest BCUT2D eigenvalue weighted by Gasteiger charge is 2.07. The predicted octanol–water partition coefficient (Wildman–Crippen LogP) is 4.12. The molecule has 0 fully saturated rings. The Balaban J connectivity index is 1.50. The summed E-state index contributed by atoms with van der Waals surface area (Å²) in [6, 6.07) is 19.2. The van der Waals surface area contributed by atoms with Crippen molar-refractivity contribution in [3.63, 3.8) is 0 Å². The lowest BCUT2D eigenvalue weighted by molar-refractivity contribution is 0.136. The second-order valence-corrected chi connectivity index (χ2v) is 5.16. The SMILES string of the molecule is CC(COc1ncccn1)Oc1ccc(Oc2ccccc2)cc1. The van der Waals surface area contributed by atoms with E-state index in [2.05, 4.69) is 9.97 Å². The Labute approximate surface area is 140 Å². The summed E-state index contributed by atoms with van der Waals surface area (Å²) in [6.45, 7) is 2.30. The maximum absolute atomic E-state index is 5.81. The van der Waals surface area contributed by atoms with Crippen molar-refractivity contribution in [2.24, 2.45) is 0 Å². The molecule has 0 spiro atoms. The molecule has 0 amide bonds. The average Bonchev–Trinajstić information content (AvgIpc) is 2.63. The Morgan fingerprint density at radius 2 is 1.42 bits per heavy atom. The molecule has 5 nitrogen and oxygen atoms in total. The summed E-state index contributed by atoms with van der Waals surface area (Å²) in [4.78, 5) is 8.01. The second kappa shape index (κ2) is 7.97. The number of aromatic nitrogens is 2. The molecule has 1 unspecified atom stereocenters. The fraction of sp³-hybridized carbons (Fsp3) is 0.158. The standard InChI is InChI=1S/C19H18N2O3/c1-15(14-22-19-20-12-5-13-21-19)23-17-8-10-18(11-9-17)24-16-6-3-2-4-7-16/h2-13,15H,14H2,1H3. The van der Waals surface area contributed by atoms with Crippen molar-refractivity contribution < 1.29 is 14.2 Å². The number of rotatable bonds is 7. The molecule has 2 aromatic carbocycles. The number of hydrogen-bond acceptors (Lipinski definition) is 5. The lowest BCUT2D eigenvalue weighted by Crippen LogP contribution is -2.21. The molecule has 0 saturated carbocycles. The maximum atomic E-state index is 5.81. The number of nitrogens with zero attached hydrogens (tertiary/aromatic N) is 2. The van der Waals surface area contributed by atoms with Crippen LogP contribution >= 0.6 is 0 Å². The van der Waals surface area contributed by atoms with Crippen molar-refractivity contribution >= 4 is 0 Å². The molecule has 5 heteroatoms. The molecular formula is C19H18N2O3. The molecule has 122 valence electrons. The topological polar surface area (TPSA) is 53.5 Å². The van der Waals surface area contributed by atoms with E-state index in [1.165, 1.54) is 0 Å². The Bertz CT molecular complexity index is 734. The smallest absolute Gasteiger partial charge is 0.316 e. The molecule has 24 heavy (non-hydrogen) atoms. The van der Waals surface area contributed by atoms with Gasteiger partial charge in [0.25, 0.3) is 0 Å². The monoisotopic (exact) mass is 322 g/mol. The largest absolute Gasteiger partial charge is 0.487 e. The fourth-order valence-corrected chi connectivity index (χ4v) is 2.03. The van der Waals surface area contributed by atoms with E-state index in [9.17, 15) is 0 Å². The first kappa shape index (κ1) is 15.8. The van der Waals surface area contributed by atoms with Crippen molar-refractivity contribution in [3.05, 3.63) is 73.1 Å². The molecular weight excluding hydrogens is 304 g/mol. The first-order valence-corrected chi connectivity index (χ1v) is 7.69. The zero-order valence-corrected chi connectivity index (χ0v) is 13.3. The first-order chi connectivity index (χ1) is 11.8. The van der Waals surface area contributed by atoms with Gasteiger partial charge >= 0.3 is 6.01 Å². The van der Waals surface area contributed by atoms with E-state index in [0.717, 1.165) is 17.2 Å². The summed E-state index contributed by atoms with van der Waals surface area (Å²) in [5.74, 6) is 2.31. The van der Waals surface area contributed by atoms with Crippen LogP contribution in [-0.2, 0) is 0 Å². The molecule has 0 radical (unpaired) electrons. The molecule has 1 atom stereocenters. The first-order valence-electron chi connectivity index (χ1n) is 7.69. The average molecular weight is 322 g/mol. The number of para-hydroxylation sites is 1. The van der Waals surface area contributed by atoms with Crippen molar-refractivity contribution in [1.82, 2.24) is 9.97 Å². The van der Waals surface area contributed by atoms with Crippen LogP contribution in [0.5, 0.6) is 23.3 Å². The van der Waals surface area contributed by atoms with Crippen molar-refractivity contribution in [2.45, 2.75) is 13.0 Å². The molecule has 0 aliphatic carbocycles. The molecule has 0 N–H and O–H groups in total. The molecule has 1 heterocycles. The van der Waals surface area contributed by atoms with Gasteiger partial charge in [-0.2, -0.15) is 0 Å². The summed E-state index contributed by atoms with van der Waals surface area (Å²) in [5.41, 5.74) is 0. The third kappa shape index (κ3) is 4.71. The number of hydrogen-bond donors (Lipinski definition) is 0. The summed E-state index contributed by atoms with van der Waals surface area (Å²) < 4.78 is 17.0. The van der Waals surface area contributed by atoms with Crippen molar-refractivity contribution in [3.8, 4) is 23.3 Å². The van der Waals surface area contributed by atoms with Gasteiger partial charge in [0.05, 0.1) is 0 Å². The van der Waals surface area contributed by atoms with Gasteiger partial charge in [0, 0.05) is 12.4 Å². The minimum absolute atomic E-state index is 0.130. The van der Waals surface area contributed by atoms with Gasteiger partial charge in [0.15, 0.2) is 0 Å². The van der Waals surface area contributed by atoms with Crippen molar-refractivity contribution in [2.75, 3.05) is 6.61 Å². The van der Waals surface area contributed by atoms with Gasteiger partial charge in [0.1, 0.15) is 30.0 Å². The highest BCUT2D eigenvalue weighted by atomic mass is 16.5. The van der Waals surface area contributed by atoms with Crippen molar-refractivity contribution in [1.29, 1.82) is 0 Å². The summed E-state index contributed by atoms with van der Waals surface area (Å²) >= 11 is 0. The summed E-state index contributed by atoms with van der Waals surface area (Å²) in [7, 11) is 0. The zero-order chi connectivity index (χ0) is 16.6. The highest BCUT2D eigenvalue weighted by Crippen LogP contribution is 2.24. The van der Waals surface area contributed by atoms with Gasteiger partial charge in [-0.15, -0.1) is 0 Å². The summed E-state index contributed by atoms with van der Waals surface area (Å²) in [6.07, 6.45) is 3.15. The molecule has 1 aromatic heterocycles. The molecule has 0 saturated heterocycles. The van der Waals surface area contributed by atoms with Crippen LogP contribution in [0.4, 0.5) is 0 Å². The van der Waals surface area contributed by atoms with E-state index in [-0.39, 0.29) is 6.10 Å². The van der Waals surface area contributed by atoms with E-state index < -0.39 is 0 Å².